The van der Waals surface area contributed by atoms with E-state index in [1.54, 1.807) is 23.4 Å². The van der Waals surface area contributed by atoms with Crippen LogP contribution in [0.3, 0.4) is 0 Å². The number of ether oxygens (including phenoxy) is 2. The number of aromatic nitrogens is 1. The molecule has 0 aliphatic carbocycles. The fourth-order valence-electron chi connectivity index (χ4n) is 4.57. The Labute approximate surface area is 219 Å². The molecule has 1 aromatic heterocycles. The predicted molar refractivity (Wildman–Crippen MR) is 143 cm³/mol. The molecule has 1 aromatic carbocycles. The lowest BCUT2D eigenvalue weighted by Gasteiger charge is -2.35. The zero-order valence-electron chi connectivity index (χ0n) is 22.5. The van der Waals surface area contributed by atoms with E-state index in [1.165, 1.54) is 5.69 Å². The quantitative estimate of drug-likeness (QED) is 0.259. The van der Waals surface area contributed by atoms with Crippen LogP contribution in [0.2, 0.25) is 0 Å². The number of aryl methyl sites for hydroxylation is 3. The highest BCUT2D eigenvalue weighted by atomic mass is 32.2. The van der Waals surface area contributed by atoms with Crippen LogP contribution in [-0.4, -0.2) is 80.3 Å². The SMILES string of the molecule is COc1cc(C)c([S+]([O-])N(C)CCOCC(=O)N(C)CC2CCN(c3cc[n+](C)cc3)CC2)c(C)c1. The van der Waals surface area contributed by atoms with Crippen molar-refractivity contribution in [3.8, 4) is 5.75 Å². The van der Waals surface area contributed by atoms with Crippen LogP contribution in [0.5, 0.6) is 5.75 Å². The van der Waals surface area contributed by atoms with Crippen LogP contribution in [0.4, 0.5) is 5.69 Å². The number of anilines is 1. The lowest BCUT2D eigenvalue weighted by Crippen LogP contribution is -2.41. The Morgan fingerprint density at radius 2 is 1.78 bits per heavy atom. The van der Waals surface area contributed by atoms with Crippen molar-refractivity contribution in [1.82, 2.24) is 9.21 Å². The highest BCUT2D eigenvalue weighted by Crippen LogP contribution is 2.27. The molecule has 0 radical (unpaired) electrons. The van der Waals surface area contributed by atoms with Crippen LogP contribution in [0.15, 0.2) is 41.6 Å². The minimum atomic E-state index is -1.31. The summed E-state index contributed by atoms with van der Waals surface area (Å²) in [5.74, 6) is 1.24. The van der Waals surface area contributed by atoms with Crippen molar-refractivity contribution < 1.29 is 23.4 Å². The number of likely N-dealkylation sites (N-methyl/N-ethyl adjacent to an activating group) is 2. The van der Waals surface area contributed by atoms with Gasteiger partial charge in [0.15, 0.2) is 17.3 Å². The van der Waals surface area contributed by atoms with Crippen molar-refractivity contribution in [3.63, 3.8) is 0 Å². The van der Waals surface area contributed by atoms with Gasteiger partial charge in [0, 0.05) is 62.7 Å². The lowest BCUT2D eigenvalue weighted by molar-refractivity contribution is -0.671. The van der Waals surface area contributed by atoms with Gasteiger partial charge in [-0.15, -0.1) is 4.31 Å². The number of hydrogen-bond donors (Lipinski definition) is 0. The maximum absolute atomic E-state index is 13.0. The molecule has 36 heavy (non-hydrogen) atoms. The van der Waals surface area contributed by atoms with Crippen molar-refractivity contribution in [2.24, 2.45) is 13.0 Å². The largest absolute Gasteiger partial charge is 0.593 e. The summed E-state index contributed by atoms with van der Waals surface area (Å²) >= 11 is -1.31. The van der Waals surface area contributed by atoms with Crippen molar-refractivity contribution in [3.05, 3.63) is 47.8 Å². The first kappa shape index (κ1) is 28.2. The Morgan fingerprint density at radius 1 is 1.17 bits per heavy atom. The van der Waals surface area contributed by atoms with Crippen LogP contribution in [-0.2, 0) is 27.9 Å². The van der Waals surface area contributed by atoms with Crippen LogP contribution < -0.4 is 14.2 Å². The summed E-state index contributed by atoms with van der Waals surface area (Å²) in [6.07, 6.45) is 6.29. The normalized spacial score (nSPS) is 15.3. The van der Waals surface area contributed by atoms with Crippen molar-refractivity contribution in [2.75, 3.05) is 65.5 Å². The molecule has 1 amide bonds. The van der Waals surface area contributed by atoms with Crippen molar-refractivity contribution in [1.29, 1.82) is 0 Å². The van der Waals surface area contributed by atoms with E-state index in [4.69, 9.17) is 9.47 Å². The van der Waals surface area contributed by atoms with E-state index < -0.39 is 11.4 Å². The third-order valence-electron chi connectivity index (χ3n) is 6.80. The first-order valence-electron chi connectivity index (χ1n) is 12.5. The number of pyridine rings is 1. The number of hydrogen-bond acceptors (Lipinski definition) is 6. The number of amides is 1. The van der Waals surface area contributed by atoms with E-state index in [1.807, 2.05) is 44.6 Å². The molecule has 2 aromatic rings. The fraction of sp³-hybridized carbons (Fsp3) is 0.556. The summed E-state index contributed by atoms with van der Waals surface area (Å²) in [6, 6.07) is 8.09. The van der Waals surface area contributed by atoms with Crippen LogP contribution in [0.1, 0.15) is 24.0 Å². The Morgan fingerprint density at radius 3 is 2.36 bits per heavy atom. The molecule has 1 aliphatic heterocycles. The van der Waals surface area contributed by atoms with E-state index in [9.17, 15) is 9.35 Å². The molecule has 1 unspecified atom stereocenters. The van der Waals surface area contributed by atoms with Gasteiger partial charge in [0.2, 0.25) is 5.91 Å². The second kappa shape index (κ2) is 13.3. The Balaban J connectivity index is 1.36. The first-order chi connectivity index (χ1) is 17.2. The smallest absolute Gasteiger partial charge is 0.248 e. The standard InChI is InChI=1S/C27H41N4O4S/c1-21-17-25(34-6)18-22(2)27(21)36(33)30(5)15-16-35-20-26(32)29(4)19-23-7-13-31(14-8-23)24-9-11-28(3)12-10-24/h9-12,17-18,23H,7-8,13-16,19-20H2,1-6H3/q+1. The topological polar surface area (TPSA) is 72.2 Å². The number of rotatable bonds is 11. The molecule has 0 spiro atoms. The summed E-state index contributed by atoms with van der Waals surface area (Å²) in [7, 11) is 7.31. The molecule has 0 N–H and O–H groups in total. The number of nitrogens with zero attached hydrogens (tertiary/aromatic N) is 4. The van der Waals surface area contributed by atoms with Crippen LogP contribution in [0, 0.1) is 19.8 Å². The first-order valence-corrected chi connectivity index (χ1v) is 13.6. The number of carbonyl (C=O) groups is 1. The summed E-state index contributed by atoms with van der Waals surface area (Å²) in [5.41, 5.74) is 3.12. The summed E-state index contributed by atoms with van der Waals surface area (Å²) < 4.78 is 27.8. The molecule has 8 nitrogen and oxygen atoms in total. The minimum Gasteiger partial charge on any atom is -0.593 e. The molecule has 0 bridgehead atoms. The second-order valence-corrected chi connectivity index (χ2v) is 11.2. The Hall–Kier alpha value is -2.33. The van der Waals surface area contributed by atoms with E-state index >= 15 is 0 Å². The molecule has 9 heteroatoms. The lowest BCUT2D eigenvalue weighted by atomic mass is 9.96. The third kappa shape index (κ3) is 7.59. The predicted octanol–water partition coefficient (Wildman–Crippen LogP) is 2.48. The third-order valence-corrected chi connectivity index (χ3v) is 8.54. The van der Waals surface area contributed by atoms with Gasteiger partial charge in [0.25, 0.3) is 0 Å². The fourth-order valence-corrected chi connectivity index (χ4v) is 5.79. The van der Waals surface area contributed by atoms with Crippen molar-refractivity contribution >= 4 is 23.0 Å². The monoisotopic (exact) mass is 517 g/mol. The van der Waals surface area contributed by atoms with Crippen molar-refractivity contribution in [2.45, 2.75) is 31.6 Å². The van der Waals surface area contributed by atoms with Gasteiger partial charge in [-0.3, -0.25) is 4.79 Å². The average molecular weight is 518 g/mol. The van der Waals surface area contributed by atoms with Gasteiger partial charge in [-0.05, 0) is 44.7 Å². The molecule has 198 valence electrons. The molecular weight excluding hydrogens is 476 g/mol. The van der Waals surface area contributed by atoms with E-state index in [-0.39, 0.29) is 12.5 Å². The molecule has 2 heterocycles. The molecule has 3 rings (SSSR count). The number of carbonyl (C=O) groups excluding carboxylic acids is 1. The average Bonchev–Trinajstić information content (AvgIpc) is 2.86. The van der Waals surface area contributed by atoms with Gasteiger partial charge in [0.05, 0.1) is 31.6 Å². The highest BCUT2D eigenvalue weighted by molar-refractivity contribution is 7.89. The van der Waals surface area contributed by atoms with E-state index in [2.05, 4.69) is 29.4 Å². The molecule has 1 aliphatic rings. The maximum atomic E-state index is 13.0. The number of piperidine rings is 1. The Bertz CT molecular complexity index is 973. The van der Waals surface area contributed by atoms with Gasteiger partial charge in [-0.1, -0.05) is 0 Å². The van der Waals surface area contributed by atoms with Crippen LogP contribution in [0.25, 0.3) is 0 Å². The second-order valence-electron chi connectivity index (χ2n) is 9.67. The van der Waals surface area contributed by atoms with Gasteiger partial charge >= 0.3 is 0 Å². The van der Waals surface area contributed by atoms with Gasteiger partial charge in [-0.25, -0.2) is 4.57 Å². The zero-order chi connectivity index (χ0) is 26.2. The molecule has 1 atom stereocenters. The highest BCUT2D eigenvalue weighted by Gasteiger charge is 2.25. The van der Waals surface area contributed by atoms with Gasteiger partial charge < -0.3 is 23.8 Å². The minimum absolute atomic E-state index is 0.0152. The van der Waals surface area contributed by atoms with Crippen LogP contribution >= 0.6 is 0 Å². The molecule has 1 saturated heterocycles. The van der Waals surface area contributed by atoms with Gasteiger partial charge in [0.1, 0.15) is 19.4 Å². The van der Waals surface area contributed by atoms with Gasteiger partial charge in [-0.2, -0.15) is 0 Å². The number of benzene rings is 1. The Kier molecular flexibility index (Phi) is 10.4. The van der Waals surface area contributed by atoms with E-state index in [0.717, 1.165) is 54.2 Å². The van der Waals surface area contributed by atoms with E-state index in [0.29, 0.717) is 19.1 Å². The molecular formula is C27H41N4O4S+. The maximum Gasteiger partial charge on any atom is 0.248 e. The molecule has 1 fully saturated rings. The molecule has 0 saturated carbocycles. The summed E-state index contributed by atoms with van der Waals surface area (Å²) in [6.45, 7) is 7.48. The summed E-state index contributed by atoms with van der Waals surface area (Å²) in [5, 5.41) is 0. The number of methoxy groups -OCH3 is 1. The zero-order valence-corrected chi connectivity index (χ0v) is 23.3. The summed E-state index contributed by atoms with van der Waals surface area (Å²) in [4.78, 5) is 17.6.